The van der Waals surface area contributed by atoms with Gasteiger partial charge in [0.15, 0.2) is 0 Å². The van der Waals surface area contributed by atoms with Crippen molar-refractivity contribution >= 4 is 17.2 Å². The number of nitrogens with zero attached hydrogens (tertiary/aromatic N) is 1. The maximum atomic E-state index is 11.2. The van der Waals surface area contributed by atoms with E-state index in [0.717, 1.165) is 11.6 Å². The lowest BCUT2D eigenvalue weighted by atomic mass is 10.4. The van der Waals surface area contributed by atoms with Crippen LogP contribution in [0.5, 0.6) is 0 Å². The number of carbonyl (C=O) groups excluding carboxylic acids is 1. The first-order valence-corrected chi connectivity index (χ1v) is 6.59. The summed E-state index contributed by atoms with van der Waals surface area (Å²) in [7, 11) is 0. The van der Waals surface area contributed by atoms with E-state index >= 15 is 0 Å². The van der Waals surface area contributed by atoms with Crippen molar-refractivity contribution < 1.29 is 4.79 Å². The van der Waals surface area contributed by atoms with E-state index in [1.807, 2.05) is 6.92 Å². The molecule has 0 radical (unpaired) electrons. The van der Waals surface area contributed by atoms with Crippen LogP contribution in [0.15, 0.2) is 5.38 Å². The van der Waals surface area contributed by atoms with Crippen LogP contribution in [-0.2, 0) is 11.3 Å². The number of nitrogens with one attached hydrogen (secondary N) is 2. The van der Waals surface area contributed by atoms with Gasteiger partial charge in [-0.1, -0.05) is 0 Å². The Morgan fingerprint density at radius 3 is 3.12 bits per heavy atom. The van der Waals surface area contributed by atoms with Crippen LogP contribution >= 0.6 is 11.3 Å². The van der Waals surface area contributed by atoms with Gasteiger partial charge in [-0.3, -0.25) is 4.79 Å². The molecule has 1 aliphatic carbocycles. The molecule has 1 aromatic heterocycles. The summed E-state index contributed by atoms with van der Waals surface area (Å²) in [5, 5.41) is 9.18. The molecule has 1 heterocycles. The molecule has 1 aliphatic rings. The van der Waals surface area contributed by atoms with Crippen molar-refractivity contribution in [3.05, 3.63) is 16.1 Å². The fourth-order valence-electron chi connectivity index (χ4n) is 1.49. The predicted octanol–water partition coefficient (Wildman–Crippen LogP) is 1.25. The molecule has 0 spiro atoms. The molecule has 1 amide bonds. The van der Waals surface area contributed by atoms with E-state index in [2.05, 4.69) is 21.0 Å². The monoisotopic (exact) mass is 239 g/mol. The van der Waals surface area contributed by atoms with Crippen LogP contribution in [0.25, 0.3) is 0 Å². The summed E-state index contributed by atoms with van der Waals surface area (Å²) in [5.41, 5.74) is 1.05. The van der Waals surface area contributed by atoms with E-state index in [-0.39, 0.29) is 5.91 Å². The van der Waals surface area contributed by atoms with Crippen LogP contribution in [0.1, 0.15) is 36.4 Å². The van der Waals surface area contributed by atoms with Gasteiger partial charge in [-0.15, -0.1) is 11.3 Å². The second-order valence-electron chi connectivity index (χ2n) is 4.01. The van der Waals surface area contributed by atoms with Crippen LogP contribution in [0.2, 0.25) is 0 Å². The molecule has 4 nitrogen and oxygen atoms in total. The van der Waals surface area contributed by atoms with E-state index in [1.165, 1.54) is 17.8 Å². The van der Waals surface area contributed by atoms with Crippen molar-refractivity contribution in [2.24, 2.45) is 0 Å². The highest BCUT2D eigenvalue weighted by molar-refractivity contribution is 7.09. The average Bonchev–Trinajstić information content (AvgIpc) is 3.00. The fraction of sp³-hybridized carbons (Fsp3) is 0.636. The van der Waals surface area contributed by atoms with Gasteiger partial charge in [-0.05, 0) is 19.8 Å². The molecule has 0 aliphatic heterocycles. The third kappa shape index (κ3) is 3.28. The topological polar surface area (TPSA) is 54.0 Å². The molecular formula is C11H17N3OS. The number of hydrogen-bond acceptors (Lipinski definition) is 4. The molecule has 5 heteroatoms. The minimum absolute atomic E-state index is 0.0418. The summed E-state index contributed by atoms with van der Waals surface area (Å²) in [4.78, 5) is 15.7. The normalized spacial score (nSPS) is 15.1. The van der Waals surface area contributed by atoms with E-state index in [9.17, 15) is 4.79 Å². The smallest absolute Gasteiger partial charge is 0.233 e. The van der Waals surface area contributed by atoms with Gasteiger partial charge >= 0.3 is 0 Å². The molecule has 2 rings (SSSR count). The Bertz CT molecular complexity index is 360. The van der Waals surface area contributed by atoms with Crippen LogP contribution < -0.4 is 10.6 Å². The molecule has 1 fully saturated rings. The number of thiazole rings is 1. The fourth-order valence-corrected chi connectivity index (χ4v) is 2.48. The third-order valence-corrected chi connectivity index (χ3v) is 3.52. The zero-order valence-corrected chi connectivity index (χ0v) is 10.3. The SMILES string of the molecule is CCNC(=O)CNCc1csc(C2CC2)n1. The Labute approximate surface area is 99.5 Å². The zero-order valence-electron chi connectivity index (χ0n) is 9.45. The van der Waals surface area contributed by atoms with E-state index in [4.69, 9.17) is 0 Å². The summed E-state index contributed by atoms with van der Waals surface area (Å²) in [5.74, 6) is 0.766. The van der Waals surface area contributed by atoms with Gasteiger partial charge in [0.05, 0.1) is 17.2 Å². The van der Waals surface area contributed by atoms with Crippen LogP contribution in [0.3, 0.4) is 0 Å². The molecule has 16 heavy (non-hydrogen) atoms. The lowest BCUT2D eigenvalue weighted by molar-refractivity contribution is -0.120. The van der Waals surface area contributed by atoms with E-state index in [1.54, 1.807) is 11.3 Å². The zero-order chi connectivity index (χ0) is 11.4. The summed E-state index contributed by atoms with van der Waals surface area (Å²) < 4.78 is 0. The Balaban J connectivity index is 1.70. The molecule has 0 bridgehead atoms. The lowest BCUT2D eigenvalue weighted by Crippen LogP contribution is -2.33. The number of amides is 1. The largest absolute Gasteiger partial charge is 0.355 e. The van der Waals surface area contributed by atoms with Gasteiger partial charge < -0.3 is 10.6 Å². The first kappa shape index (κ1) is 11.5. The van der Waals surface area contributed by atoms with E-state index < -0.39 is 0 Å². The van der Waals surface area contributed by atoms with Crippen molar-refractivity contribution in [2.75, 3.05) is 13.1 Å². The van der Waals surface area contributed by atoms with Crippen molar-refractivity contribution in [3.8, 4) is 0 Å². The summed E-state index contributed by atoms with van der Waals surface area (Å²) in [6, 6.07) is 0. The first-order chi connectivity index (χ1) is 7.79. The Hall–Kier alpha value is -0.940. The van der Waals surface area contributed by atoms with Gasteiger partial charge in [0, 0.05) is 24.4 Å². The van der Waals surface area contributed by atoms with Crippen LogP contribution in [0.4, 0.5) is 0 Å². The van der Waals surface area contributed by atoms with Crippen molar-refractivity contribution in [1.29, 1.82) is 0 Å². The molecule has 0 saturated heterocycles. The second kappa shape index (κ2) is 5.41. The van der Waals surface area contributed by atoms with Gasteiger partial charge in [0.2, 0.25) is 5.91 Å². The van der Waals surface area contributed by atoms with Gasteiger partial charge in [0.1, 0.15) is 0 Å². The third-order valence-electron chi connectivity index (χ3n) is 2.46. The number of aromatic nitrogens is 1. The number of rotatable bonds is 6. The van der Waals surface area contributed by atoms with Gasteiger partial charge in [-0.25, -0.2) is 4.98 Å². The Morgan fingerprint density at radius 2 is 2.44 bits per heavy atom. The number of hydrogen-bond donors (Lipinski definition) is 2. The summed E-state index contributed by atoms with van der Waals surface area (Å²) in [6.07, 6.45) is 2.58. The minimum Gasteiger partial charge on any atom is -0.355 e. The average molecular weight is 239 g/mol. The Morgan fingerprint density at radius 1 is 1.62 bits per heavy atom. The van der Waals surface area contributed by atoms with Crippen LogP contribution in [0, 0.1) is 0 Å². The first-order valence-electron chi connectivity index (χ1n) is 5.71. The maximum absolute atomic E-state index is 11.2. The Kier molecular flexibility index (Phi) is 3.90. The lowest BCUT2D eigenvalue weighted by Gasteiger charge is -2.02. The highest BCUT2D eigenvalue weighted by Gasteiger charge is 2.26. The summed E-state index contributed by atoms with van der Waals surface area (Å²) >= 11 is 1.74. The number of likely N-dealkylation sites (N-methyl/N-ethyl adjacent to an activating group) is 1. The molecule has 0 aromatic carbocycles. The van der Waals surface area contributed by atoms with Crippen LogP contribution in [-0.4, -0.2) is 24.0 Å². The van der Waals surface area contributed by atoms with Gasteiger partial charge in [-0.2, -0.15) is 0 Å². The van der Waals surface area contributed by atoms with E-state index in [0.29, 0.717) is 19.6 Å². The van der Waals surface area contributed by atoms with Crippen molar-refractivity contribution in [1.82, 2.24) is 15.6 Å². The van der Waals surface area contributed by atoms with Gasteiger partial charge in [0.25, 0.3) is 0 Å². The number of carbonyl (C=O) groups is 1. The highest BCUT2D eigenvalue weighted by Crippen LogP contribution is 2.41. The second-order valence-corrected chi connectivity index (χ2v) is 4.90. The minimum atomic E-state index is 0.0418. The molecule has 2 N–H and O–H groups in total. The van der Waals surface area contributed by atoms with Crippen molar-refractivity contribution in [2.45, 2.75) is 32.2 Å². The maximum Gasteiger partial charge on any atom is 0.233 e. The molecule has 0 atom stereocenters. The highest BCUT2D eigenvalue weighted by atomic mass is 32.1. The quantitative estimate of drug-likeness (QED) is 0.785. The molecule has 1 aromatic rings. The predicted molar refractivity (Wildman–Crippen MR) is 64.5 cm³/mol. The van der Waals surface area contributed by atoms with Crippen molar-refractivity contribution in [3.63, 3.8) is 0 Å². The standard InChI is InChI=1S/C11H17N3OS/c1-2-13-10(15)6-12-5-9-7-16-11(14-9)8-3-4-8/h7-8,12H,2-6H2,1H3,(H,13,15). The molecule has 88 valence electrons. The molecular weight excluding hydrogens is 222 g/mol. The summed E-state index contributed by atoms with van der Waals surface area (Å²) in [6.45, 7) is 3.65. The molecule has 0 unspecified atom stereocenters. The molecule has 1 saturated carbocycles.